The van der Waals surface area contributed by atoms with Gasteiger partial charge in [-0.15, -0.1) is 0 Å². The maximum absolute atomic E-state index is 12.9. The first kappa shape index (κ1) is 15.2. The molecule has 0 bridgehead atoms. The minimum atomic E-state index is -3.34. The number of halogens is 1. The fraction of sp³-hybridized carbons (Fsp3) is 0.375. The first-order valence-electron chi connectivity index (χ1n) is 7.39. The Bertz CT molecular complexity index is 703. The molecule has 0 atom stereocenters. The van der Waals surface area contributed by atoms with Crippen molar-refractivity contribution in [3.63, 3.8) is 0 Å². The number of nitrogens with zero attached hydrogens (tertiary/aromatic N) is 2. The van der Waals surface area contributed by atoms with Gasteiger partial charge in [-0.05, 0) is 42.7 Å². The van der Waals surface area contributed by atoms with Crippen LogP contribution in [0.2, 0.25) is 0 Å². The molecule has 3 rings (SSSR count). The fourth-order valence-corrected chi connectivity index (χ4v) is 4.46. The van der Waals surface area contributed by atoms with Crippen LogP contribution >= 0.6 is 0 Å². The number of hydrogen-bond donors (Lipinski definition) is 0. The van der Waals surface area contributed by atoms with E-state index in [9.17, 15) is 12.8 Å². The van der Waals surface area contributed by atoms with Gasteiger partial charge in [0.2, 0.25) is 10.0 Å². The summed E-state index contributed by atoms with van der Waals surface area (Å²) in [5.74, 6) is -0.421. The van der Waals surface area contributed by atoms with Crippen molar-refractivity contribution in [3.8, 4) is 0 Å². The van der Waals surface area contributed by atoms with Crippen molar-refractivity contribution in [1.29, 1.82) is 0 Å². The van der Waals surface area contributed by atoms with E-state index < -0.39 is 10.0 Å². The van der Waals surface area contributed by atoms with Crippen LogP contribution in [0.5, 0.6) is 0 Å². The van der Waals surface area contributed by atoms with E-state index in [0.29, 0.717) is 24.7 Å². The van der Waals surface area contributed by atoms with Gasteiger partial charge in [0.05, 0.1) is 5.75 Å². The van der Waals surface area contributed by atoms with Gasteiger partial charge in [0, 0.05) is 31.5 Å². The molecule has 1 aromatic carbocycles. The minimum absolute atomic E-state index is 0.0680. The van der Waals surface area contributed by atoms with Crippen molar-refractivity contribution in [1.82, 2.24) is 8.87 Å². The molecule has 1 saturated heterocycles. The smallest absolute Gasteiger partial charge is 0.218 e. The highest BCUT2D eigenvalue weighted by Gasteiger charge is 2.28. The van der Waals surface area contributed by atoms with Gasteiger partial charge in [0.1, 0.15) is 5.82 Å². The lowest BCUT2D eigenvalue weighted by molar-refractivity contribution is 0.274. The summed E-state index contributed by atoms with van der Waals surface area (Å²) in [5.41, 5.74) is 0.619. The number of benzene rings is 1. The Kier molecular flexibility index (Phi) is 4.31. The molecule has 0 spiro atoms. The third kappa shape index (κ3) is 3.39. The van der Waals surface area contributed by atoms with Crippen LogP contribution in [0.3, 0.4) is 0 Å². The highest BCUT2D eigenvalue weighted by atomic mass is 32.2. The second kappa shape index (κ2) is 6.22. The van der Waals surface area contributed by atoms with E-state index in [1.807, 2.05) is 24.5 Å². The Balaban J connectivity index is 1.63. The third-order valence-corrected chi connectivity index (χ3v) is 5.98. The largest absolute Gasteiger partial charge is 0.351 e. The summed E-state index contributed by atoms with van der Waals surface area (Å²) < 4.78 is 41.5. The lowest BCUT2D eigenvalue weighted by Crippen LogP contribution is -2.39. The van der Waals surface area contributed by atoms with Gasteiger partial charge < -0.3 is 4.57 Å². The Hall–Kier alpha value is -1.66. The highest BCUT2D eigenvalue weighted by molar-refractivity contribution is 7.88. The monoisotopic (exact) mass is 322 g/mol. The highest BCUT2D eigenvalue weighted by Crippen LogP contribution is 2.25. The molecule has 4 nitrogen and oxygen atoms in total. The Morgan fingerprint density at radius 1 is 1.05 bits per heavy atom. The maximum atomic E-state index is 12.9. The van der Waals surface area contributed by atoms with Gasteiger partial charge >= 0.3 is 0 Å². The van der Waals surface area contributed by atoms with Gasteiger partial charge in [0.25, 0.3) is 0 Å². The normalized spacial score (nSPS) is 17.7. The molecule has 0 N–H and O–H groups in total. The number of sulfonamides is 1. The molecule has 6 heteroatoms. The van der Waals surface area contributed by atoms with Crippen LogP contribution in [0.25, 0.3) is 0 Å². The molecule has 118 valence electrons. The van der Waals surface area contributed by atoms with Crippen molar-refractivity contribution < 1.29 is 12.8 Å². The van der Waals surface area contributed by atoms with E-state index in [1.165, 1.54) is 24.3 Å². The zero-order chi connectivity index (χ0) is 15.6. The van der Waals surface area contributed by atoms with E-state index in [-0.39, 0.29) is 11.6 Å². The molecule has 0 amide bonds. The van der Waals surface area contributed by atoms with Crippen molar-refractivity contribution in [2.24, 2.45) is 0 Å². The summed E-state index contributed by atoms with van der Waals surface area (Å²) in [7, 11) is -3.34. The molecular weight excluding hydrogens is 303 g/mol. The quantitative estimate of drug-likeness (QED) is 0.868. The zero-order valence-electron chi connectivity index (χ0n) is 12.2. The van der Waals surface area contributed by atoms with Gasteiger partial charge in [-0.1, -0.05) is 12.1 Å². The standard InChI is InChI=1S/C16H19FN2O2S/c17-15-5-3-14(4-6-15)13-22(20,21)19-11-7-16(8-12-19)18-9-1-2-10-18/h1-6,9-10,16H,7-8,11-13H2. The summed E-state index contributed by atoms with van der Waals surface area (Å²) >= 11 is 0. The summed E-state index contributed by atoms with van der Waals surface area (Å²) in [6.45, 7) is 1.07. The van der Waals surface area contributed by atoms with Gasteiger partial charge in [0.15, 0.2) is 0 Å². The lowest BCUT2D eigenvalue weighted by atomic mass is 10.1. The summed E-state index contributed by atoms with van der Waals surface area (Å²) in [4.78, 5) is 0. The minimum Gasteiger partial charge on any atom is -0.351 e. The van der Waals surface area contributed by atoms with E-state index in [0.717, 1.165) is 12.8 Å². The number of hydrogen-bond acceptors (Lipinski definition) is 2. The summed E-state index contributed by atoms with van der Waals surface area (Å²) in [6, 6.07) is 9.98. The van der Waals surface area contributed by atoms with Crippen molar-refractivity contribution >= 4 is 10.0 Å². The van der Waals surface area contributed by atoms with Gasteiger partial charge in [-0.3, -0.25) is 0 Å². The van der Waals surface area contributed by atoms with Crippen LogP contribution in [-0.4, -0.2) is 30.4 Å². The lowest BCUT2D eigenvalue weighted by Gasteiger charge is -2.32. The zero-order valence-corrected chi connectivity index (χ0v) is 13.0. The predicted molar refractivity (Wildman–Crippen MR) is 83.3 cm³/mol. The van der Waals surface area contributed by atoms with Crippen molar-refractivity contribution in [2.75, 3.05) is 13.1 Å². The molecule has 0 saturated carbocycles. The van der Waals surface area contributed by atoms with Crippen LogP contribution in [0, 0.1) is 5.82 Å². The van der Waals surface area contributed by atoms with E-state index >= 15 is 0 Å². The topological polar surface area (TPSA) is 42.3 Å². The van der Waals surface area contributed by atoms with Crippen LogP contribution < -0.4 is 0 Å². The Morgan fingerprint density at radius 2 is 1.64 bits per heavy atom. The molecule has 1 aliphatic heterocycles. The number of rotatable bonds is 4. The van der Waals surface area contributed by atoms with Gasteiger partial charge in [-0.25, -0.2) is 17.1 Å². The molecule has 0 radical (unpaired) electrons. The fourth-order valence-electron chi connectivity index (χ4n) is 2.89. The van der Waals surface area contributed by atoms with E-state index in [1.54, 1.807) is 4.31 Å². The predicted octanol–water partition coefficient (Wildman–Crippen LogP) is 2.79. The summed E-state index contributed by atoms with van der Waals surface area (Å²) in [5, 5.41) is 0. The molecule has 1 fully saturated rings. The van der Waals surface area contributed by atoms with Crippen molar-refractivity contribution in [2.45, 2.75) is 24.6 Å². The second-order valence-corrected chi connectivity index (χ2v) is 7.61. The Labute approximate surface area is 130 Å². The summed E-state index contributed by atoms with van der Waals surface area (Å²) in [6.07, 6.45) is 5.68. The van der Waals surface area contributed by atoms with Crippen LogP contribution in [-0.2, 0) is 15.8 Å². The molecule has 2 aromatic rings. The first-order valence-corrected chi connectivity index (χ1v) is 9.00. The second-order valence-electron chi connectivity index (χ2n) is 5.64. The Morgan fingerprint density at radius 3 is 2.23 bits per heavy atom. The van der Waals surface area contributed by atoms with E-state index in [4.69, 9.17) is 0 Å². The molecule has 0 unspecified atom stereocenters. The van der Waals surface area contributed by atoms with Crippen LogP contribution in [0.4, 0.5) is 4.39 Å². The number of aromatic nitrogens is 1. The first-order chi connectivity index (χ1) is 10.5. The molecular formula is C16H19FN2O2S. The van der Waals surface area contributed by atoms with Crippen LogP contribution in [0.15, 0.2) is 48.8 Å². The molecule has 22 heavy (non-hydrogen) atoms. The molecule has 2 heterocycles. The SMILES string of the molecule is O=S(=O)(Cc1ccc(F)cc1)N1CCC(n2cccc2)CC1. The van der Waals surface area contributed by atoms with E-state index in [2.05, 4.69) is 4.57 Å². The average molecular weight is 322 g/mol. The molecule has 0 aliphatic carbocycles. The van der Waals surface area contributed by atoms with Gasteiger partial charge in [-0.2, -0.15) is 0 Å². The maximum Gasteiger partial charge on any atom is 0.218 e. The van der Waals surface area contributed by atoms with Crippen molar-refractivity contribution in [3.05, 3.63) is 60.2 Å². The molecule has 1 aromatic heterocycles. The molecule has 1 aliphatic rings. The average Bonchev–Trinajstić information content (AvgIpc) is 3.04. The number of piperidine rings is 1. The third-order valence-electron chi connectivity index (χ3n) is 4.13. The van der Waals surface area contributed by atoms with Crippen LogP contribution in [0.1, 0.15) is 24.4 Å².